The lowest BCUT2D eigenvalue weighted by atomic mass is 9.99. The lowest BCUT2D eigenvalue weighted by Gasteiger charge is -2.11. The topological polar surface area (TPSA) is 49.3 Å². The third-order valence-corrected chi connectivity index (χ3v) is 3.02. The summed E-state index contributed by atoms with van der Waals surface area (Å²) in [5, 5.41) is 11.6. The van der Waals surface area contributed by atoms with E-state index < -0.39 is 0 Å². The van der Waals surface area contributed by atoms with E-state index >= 15 is 0 Å². The zero-order chi connectivity index (χ0) is 13.5. The zero-order valence-corrected chi connectivity index (χ0v) is 11.5. The number of hydrogen-bond donors (Lipinski definition) is 2. The molecule has 1 amide bonds. The number of benzene rings is 1. The van der Waals surface area contributed by atoms with Gasteiger partial charge in [0.05, 0.1) is 0 Å². The monoisotopic (exact) mass is 249 g/mol. The van der Waals surface area contributed by atoms with Gasteiger partial charge in [0.1, 0.15) is 0 Å². The number of hydrogen-bond acceptors (Lipinski definition) is 2. The molecule has 0 saturated carbocycles. The molecule has 3 nitrogen and oxygen atoms in total. The van der Waals surface area contributed by atoms with Crippen LogP contribution in [-0.4, -0.2) is 24.2 Å². The minimum absolute atomic E-state index is 0.00833. The molecule has 0 saturated heterocycles. The summed E-state index contributed by atoms with van der Waals surface area (Å²) in [5.74, 6) is 0.00833. The summed E-state index contributed by atoms with van der Waals surface area (Å²) in [6.45, 7) is 6.88. The van der Waals surface area contributed by atoms with Gasteiger partial charge >= 0.3 is 0 Å². The van der Waals surface area contributed by atoms with E-state index in [-0.39, 0.29) is 12.5 Å². The summed E-state index contributed by atoms with van der Waals surface area (Å²) >= 11 is 0. The Kier molecular flexibility index (Phi) is 5.86. The van der Waals surface area contributed by atoms with Crippen LogP contribution in [0.3, 0.4) is 0 Å². The van der Waals surface area contributed by atoms with Crippen LogP contribution in [0, 0.1) is 20.8 Å². The standard InChI is InChI=1S/C15H23NO2/c1-11-9-12(2)14(13(3)10-11)15(18)16-7-5-4-6-8-17/h9-10,17H,4-8H2,1-3H3,(H,16,18). The second-order valence-electron chi connectivity index (χ2n) is 4.81. The van der Waals surface area contributed by atoms with Crippen molar-refractivity contribution in [2.45, 2.75) is 40.0 Å². The van der Waals surface area contributed by atoms with Crippen molar-refractivity contribution < 1.29 is 9.90 Å². The highest BCUT2D eigenvalue weighted by Gasteiger charge is 2.11. The highest BCUT2D eigenvalue weighted by Crippen LogP contribution is 2.16. The van der Waals surface area contributed by atoms with Crippen LogP contribution in [0.1, 0.15) is 46.3 Å². The first-order valence-electron chi connectivity index (χ1n) is 6.53. The Bertz CT molecular complexity index is 390. The van der Waals surface area contributed by atoms with Gasteiger partial charge in [-0.05, 0) is 51.2 Å². The number of unbranched alkanes of at least 4 members (excludes halogenated alkanes) is 2. The Morgan fingerprint density at radius 1 is 1.11 bits per heavy atom. The highest BCUT2D eigenvalue weighted by atomic mass is 16.2. The zero-order valence-electron chi connectivity index (χ0n) is 11.5. The third kappa shape index (κ3) is 4.15. The molecule has 0 radical (unpaired) electrons. The first-order chi connectivity index (χ1) is 8.56. The number of nitrogens with one attached hydrogen (secondary N) is 1. The maximum absolute atomic E-state index is 12.1. The number of aryl methyl sites for hydroxylation is 3. The molecule has 0 spiro atoms. The molecule has 0 aromatic heterocycles. The van der Waals surface area contributed by atoms with E-state index in [1.54, 1.807) is 0 Å². The number of carbonyl (C=O) groups is 1. The second-order valence-corrected chi connectivity index (χ2v) is 4.81. The first-order valence-corrected chi connectivity index (χ1v) is 6.53. The number of aliphatic hydroxyl groups excluding tert-OH is 1. The molecule has 100 valence electrons. The van der Waals surface area contributed by atoms with Crippen molar-refractivity contribution in [1.29, 1.82) is 0 Å². The summed E-state index contributed by atoms with van der Waals surface area (Å²) in [6, 6.07) is 4.07. The van der Waals surface area contributed by atoms with Gasteiger partial charge in [-0.2, -0.15) is 0 Å². The SMILES string of the molecule is Cc1cc(C)c(C(=O)NCCCCCO)c(C)c1. The Hall–Kier alpha value is -1.35. The molecule has 1 aromatic carbocycles. The molecule has 2 N–H and O–H groups in total. The maximum atomic E-state index is 12.1. The van der Waals surface area contributed by atoms with Gasteiger partial charge in [-0.3, -0.25) is 4.79 Å². The molecule has 0 fully saturated rings. The molecule has 1 rings (SSSR count). The molecule has 0 aliphatic carbocycles. The van der Waals surface area contributed by atoms with Crippen LogP contribution >= 0.6 is 0 Å². The van der Waals surface area contributed by atoms with Gasteiger partial charge in [0.25, 0.3) is 5.91 Å². The fourth-order valence-corrected chi connectivity index (χ4v) is 2.24. The van der Waals surface area contributed by atoms with E-state index in [1.807, 2.05) is 32.9 Å². The van der Waals surface area contributed by atoms with E-state index in [2.05, 4.69) is 5.32 Å². The molecule has 0 aliphatic rings. The van der Waals surface area contributed by atoms with Crippen LogP contribution in [0.15, 0.2) is 12.1 Å². The second kappa shape index (κ2) is 7.17. The van der Waals surface area contributed by atoms with Crippen LogP contribution in [0.4, 0.5) is 0 Å². The van der Waals surface area contributed by atoms with Gasteiger partial charge < -0.3 is 10.4 Å². The maximum Gasteiger partial charge on any atom is 0.251 e. The Morgan fingerprint density at radius 2 is 1.72 bits per heavy atom. The van der Waals surface area contributed by atoms with Crippen LogP contribution in [0.2, 0.25) is 0 Å². The highest BCUT2D eigenvalue weighted by molar-refractivity contribution is 5.97. The predicted molar refractivity (Wildman–Crippen MR) is 73.9 cm³/mol. The molecular weight excluding hydrogens is 226 g/mol. The molecule has 0 bridgehead atoms. The van der Waals surface area contributed by atoms with Crippen molar-refractivity contribution >= 4 is 5.91 Å². The van der Waals surface area contributed by atoms with Crippen LogP contribution in [-0.2, 0) is 0 Å². The van der Waals surface area contributed by atoms with Crippen LogP contribution in [0.25, 0.3) is 0 Å². The fraction of sp³-hybridized carbons (Fsp3) is 0.533. The Morgan fingerprint density at radius 3 is 2.28 bits per heavy atom. The van der Waals surface area contributed by atoms with Crippen LogP contribution in [0.5, 0.6) is 0 Å². The molecule has 1 aromatic rings. The molecule has 0 atom stereocenters. The molecule has 0 unspecified atom stereocenters. The number of rotatable bonds is 6. The van der Waals surface area contributed by atoms with E-state index in [4.69, 9.17) is 5.11 Å². The summed E-state index contributed by atoms with van der Waals surface area (Å²) < 4.78 is 0. The quantitative estimate of drug-likeness (QED) is 0.761. The van der Waals surface area contributed by atoms with Gasteiger partial charge in [-0.25, -0.2) is 0 Å². The summed E-state index contributed by atoms with van der Waals surface area (Å²) in [6.07, 6.45) is 2.66. The normalized spacial score (nSPS) is 10.4. The van der Waals surface area contributed by atoms with Crippen molar-refractivity contribution in [3.63, 3.8) is 0 Å². The third-order valence-electron chi connectivity index (χ3n) is 3.02. The molecule has 0 heterocycles. The van der Waals surface area contributed by atoms with E-state index in [9.17, 15) is 4.79 Å². The van der Waals surface area contributed by atoms with Crippen molar-refractivity contribution in [2.24, 2.45) is 0 Å². The van der Waals surface area contributed by atoms with Gasteiger partial charge in [-0.1, -0.05) is 17.7 Å². The first kappa shape index (κ1) is 14.7. The minimum atomic E-state index is 0.00833. The molecule has 0 aliphatic heterocycles. The minimum Gasteiger partial charge on any atom is -0.396 e. The van der Waals surface area contributed by atoms with E-state index in [1.165, 1.54) is 5.56 Å². The van der Waals surface area contributed by atoms with Crippen molar-refractivity contribution in [3.8, 4) is 0 Å². The lowest BCUT2D eigenvalue weighted by Crippen LogP contribution is -2.26. The molecule has 3 heteroatoms. The average Bonchev–Trinajstić information content (AvgIpc) is 2.27. The predicted octanol–water partition coefficient (Wildman–Crippen LogP) is 2.50. The van der Waals surface area contributed by atoms with Crippen molar-refractivity contribution in [2.75, 3.05) is 13.2 Å². The van der Waals surface area contributed by atoms with Gasteiger partial charge in [0.15, 0.2) is 0 Å². The number of aliphatic hydroxyl groups is 1. The fourth-order valence-electron chi connectivity index (χ4n) is 2.24. The molecule has 18 heavy (non-hydrogen) atoms. The van der Waals surface area contributed by atoms with Crippen molar-refractivity contribution in [3.05, 3.63) is 34.4 Å². The number of carbonyl (C=O) groups excluding carboxylic acids is 1. The Labute approximate surface area is 109 Å². The lowest BCUT2D eigenvalue weighted by molar-refractivity contribution is 0.0951. The van der Waals surface area contributed by atoms with Gasteiger partial charge in [-0.15, -0.1) is 0 Å². The smallest absolute Gasteiger partial charge is 0.251 e. The van der Waals surface area contributed by atoms with E-state index in [0.717, 1.165) is 36.0 Å². The number of amides is 1. The molecular formula is C15H23NO2. The summed E-state index contributed by atoms with van der Waals surface area (Å²) in [4.78, 5) is 12.1. The van der Waals surface area contributed by atoms with Crippen LogP contribution < -0.4 is 5.32 Å². The van der Waals surface area contributed by atoms with Crippen molar-refractivity contribution in [1.82, 2.24) is 5.32 Å². The Balaban J connectivity index is 2.57. The largest absolute Gasteiger partial charge is 0.396 e. The van der Waals surface area contributed by atoms with Gasteiger partial charge in [0.2, 0.25) is 0 Å². The van der Waals surface area contributed by atoms with Gasteiger partial charge in [0, 0.05) is 18.7 Å². The summed E-state index contributed by atoms with van der Waals surface area (Å²) in [7, 11) is 0. The average molecular weight is 249 g/mol. The summed E-state index contributed by atoms with van der Waals surface area (Å²) in [5.41, 5.74) is 4.04. The van der Waals surface area contributed by atoms with E-state index in [0.29, 0.717) is 6.54 Å².